The molecule has 0 fully saturated rings. The van der Waals surface area contributed by atoms with Crippen LogP contribution in [0.3, 0.4) is 0 Å². The van der Waals surface area contributed by atoms with Crippen molar-refractivity contribution in [3.8, 4) is 0 Å². The highest BCUT2D eigenvalue weighted by Crippen LogP contribution is 2.25. The number of anilines is 1. The molecule has 1 aromatic carbocycles. The van der Waals surface area contributed by atoms with Crippen molar-refractivity contribution in [2.24, 2.45) is 11.7 Å². The van der Waals surface area contributed by atoms with Gasteiger partial charge >= 0.3 is 8.80 Å². The second-order valence-electron chi connectivity index (χ2n) is 5.48. The minimum atomic E-state index is -2.68. The Balaban J connectivity index is 2.79. The maximum atomic E-state index is 6.04. The van der Waals surface area contributed by atoms with E-state index in [1.165, 1.54) is 0 Å². The summed E-state index contributed by atoms with van der Waals surface area (Å²) in [4.78, 5) is 0. The molecule has 3 N–H and O–H groups in total. The summed E-state index contributed by atoms with van der Waals surface area (Å²) in [6.07, 6.45) is 0. The Hall–Kier alpha value is -0.923. The summed E-state index contributed by atoms with van der Waals surface area (Å²) in [6.45, 7) is 10.4. The maximum absolute atomic E-state index is 6.04. The molecule has 0 spiro atoms. The first-order valence-corrected chi connectivity index (χ1v) is 10.5. The van der Waals surface area contributed by atoms with Gasteiger partial charge in [0.25, 0.3) is 0 Å². The first kappa shape index (κ1) is 20.1. The fourth-order valence-corrected chi connectivity index (χ4v) is 5.75. The minimum Gasteiger partial charge on any atom is -0.382 e. The highest BCUT2D eigenvalue weighted by Gasteiger charge is 2.43. The normalized spacial score (nSPS) is 14.5. The molecule has 0 saturated carbocycles. The van der Waals surface area contributed by atoms with Crippen molar-refractivity contribution in [1.82, 2.24) is 0 Å². The van der Waals surface area contributed by atoms with Gasteiger partial charge in [0, 0.05) is 37.6 Å². The Morgan fingerprint density at radius 1 is 1.00 bits per heavy atom. The third-order valence-corrected chi connectivity index (χ3v) is 6.99. The van der Waals surface area contributed by atoms with Gasteiger partial charge in [-0.25, -0.2) is 0 Å². The van der Waals surface area contributed by atoms with Crippen LogP contribution in [0.2, 0.25) is 6.04 Å². The van der Waals surface area contributed by atoms with Crippen LogP contribution in [-0.2, 0) is 13.3 Å². The van der Waals surface area contributed by atoms with Crippen molar-refractivity contribution in [2.75, 3.05) is 31.7 Å². The second kappa shape index (κ2) is 10.8. The molecule has 0 aliphatic rings. The van der Waals surface area contributed by atoms with E-state index in [1.807, 2.05) is 39.0 Å². The molecule has 1 aromatic rings. The summed E-state index contributed by atoms with van der Waals surface area (Å²) in [5.74, 6) is 0.214. The topological polar surface area (TPSA) is 65.7 Å². The molecule has 6 heteroatoms. The third kappa shape index (κ3) is 6.61. The Kier molecular flexibility index (Phi) is 9.43. The molecule has 2 unspecified atom stereocenters. The third-order valence-electron chi connectivity index (χ3n) is 3.78. The van der Waals surface area contributed by atoms with Crippen molar-refractivity contribution in [2.45, 2.75) is 39.8 Å². The summed E-state index contributed by atoms with van der Waals surface area (Å²) in [5, 5.41) is 3.52. The smallest absolute Gasteiger partial charge is 0.382 e. The van der Waals surface area contributed by atoms with Gasteiger partial charge in [0.15, 0.2) is 0 Å². The predicted molar refractivity (Wildman–Crippen MR) is 97.5 cm³/mol. The van der Waals surface area contributed by atoms with Gasteiger partial charge in [-0.2, -0.15) is 0 Å². The van der Waals surface area contributed by atoms with E-state index in [-0.39, 0.29) is 12.0 Å². The van der Waals surface area contributed by atoms with E-state index in [0.29, 0.717) is 26.4 Å². The van der Waals surface area contributed by atoms with Gasteiger partial charge in [-0.3, -0.25) is 0 Å². The highest BCUT2D eigenvalue weighted by atomic mass is 28.4. The SMILES string of the molecule is CCO[Si](CC(CN)C(C)Nc1ccccc1)(OCC)OCC. The lowest BCUT2D eigenvalue weighted by Crippen LogP contribution is -2.50. The lowest BCUT2D eigenvalue weighted by atomic mass is 10.0. The molecule has 0 radical (unpaired) electrons. The van der Waals surface area contributed by atoms with E-state index in [1.54, 1.807) is 0 Å². The Bertz CT molecular complexity index is 403. The first-order chi connectivity index (χ1) is 11.1. The fourth-order valence-electron chi connectivity index (χ4n) is 2.66. The quantitative estimate of drug-likeness (QED) is 0.572. The molecule has 0 aliphatic carbocycles. The lowest BCUT2D eigenvalue weighted by molar-refractivity contribution is 0.0666. The molecule has 23 heavy (non-hydrogen) atoms. The number of nitrogens with two attached hydrogens (primary N) is 1. The average molecular weight is 341 g/mol. The second-order valence-corrected chi connectivity index (χ2v) is 8.12. The van der Waals surface area contributed by atoms with Crippen LogP contribution in [0, 0.1) is 5.92 Å². The van der Waals surface area contributed by atoms with Gasteiger partial charge in [0.1, 0.15) is 0 Å². The number of benzene rings is 1. The summed E-state index contributed by atoms with van der Waals surface area (Å²) < 4.78 is 17.9. The lowest BCUT2D eigenvalue weighted by Gasteiger charge is -2.34. The van der Waals surface area contributed by atoms with E-state index >= 15 is 0 Å². The van der Waals surface area contributed by atoms with Crippen molar-refractivity contribution in [3.63, 3.8) is 0 Å². The zero-order valence-electron chi connectivity index (χ0n) is 14.9. The predicted octanol–water partition coefficient (Wildman–Crippen LogP) is 3.11. The van der Waals surface area contributed by atoms with Crippen LogP contribution in [0.15, 0.2) is 30.3 Å². The molecule has 132 valence electrons. The van der Waals surface area contributed by atoms with Gasteiger partial charge in [-0.1, -0.05) is 18.2 Å². The largest absolute Gasteiger partial charge is 0.501 e. The molecule has 1 rings (SSSR count). The van der Waals surface area contributed by atoms with E-state index < -0.39 is 8.80 Å². The molecule has 0 aromatic heterocycles. The van der Waals surface area contributed by atoms with Gasteiger partial charge in [-0.15, -0.1) is 0 Å². The van der Waals surface area contributed by atoms with Crippen LogP contribution < -0.4 is 11.1 Å². The Labute approximate surface area is 141 Å². The van der Waals surface area contributed by atoms with Gasteiger partial charge in [-0.05, 0) is 52.3 Å². The van der Waals surface area contributed by atoms with E-state index in [0.717, 1.165) is 11.7 Å². The van der Waals surface area contributed by atoms with Crippen molar-refractivity contribution >= 4 is 14.5 Å². The standard InChI is InChI=1S/C17H32N2O3Si/c1-5-20-23(21-6-2,22-7-3)14-16(13-18)15(4)19-17-11-9-8-10-12-17/h8-12,15-16,19H,5-7,13-14,18H2,1-4H3. The average Bonchev–Trinajstić information content (AvgIpc) is 2.54. The number of nitrogens with one attached hydrogen (secondary N) is 1. The molecule has 0 heterocycles. The van der Waals surface area contributed by atoms with Crippen LogP contribution in [-0.4, -0.2) is 41.2 Å². The summed E-state index contributed by atoms with van der Waals surface area (Å²) in [5.41, 5.74) is 7.13. The van der Waals surface area contributed by atoms with E-state index in [4.69, 9.17) is 19.0 Å². The number of rotatable bonds is 12. The summed E-state index contributed by atoms with van der Waals surface area (Å²) >= 11 is 0. The van der Waals surface area contributed by atoms with Crippen LogP contribution in [0.4, 0.5) is 5.69 Å². The van der Waals surface area contributed by atoms with Gasteiger partial charge < -0.3 is 24.3 Å². The summed E-state index contributed by atoms with van der Waals surface area (Å²) in [6, 6.07) is 11.1. The number of hydrogen-bond acceptors (Lipinski definition) is 5. The monoisotopic (exact) mass is 340 g/mol. The number of hydrogen-bond donors (Lipinski definition) is 2. The zero-order chi connectivity index (χ0) is 17.1. The van der Waals surface area contributed by atoms with E-state index in [9.17, 15) is 0 Å². The maximum Gasteiger partial charge on any atom is 0.501 e. The summed E-state index contributed by atoms with van der Waals surface area (Å²) in [7, 11) is -2.68. The highest BCUT2D eigenvalue weighted by molar-refractivity contribution is 6.60. The fraction of sp³-hybridized carbons (Fsp3) is 0.647. The van der Waals surface area contributed by atoms with Crippen molar-refractivity contribution < 1.29 is 13.3 Å². The van der Waals surface area contributed by atoms with Crippen LogP contribution in [0.25, 0.3) is 0 Å². The molecule has 5 nitrogen and oxygen atoms in total. The first-order valence-electron chi connectivity index (χ1n) is 8.54. The molecular formula is C17H32N2O3Si. The molecule has 2 atom stereocenters. The van der Waals surface area contributed by atoms with Crippen LogP contribution in [0.5, 0.6) is 0 Å². The van der Waals surface area contributed by atoms with Crippen LogP contribution >= 0.6 is 0 Å². The zero-order valence-corrected chi connectivity index (χ0v) is 15.9. The Morgan fingerprint density at radius 2 is 1.52 bits per heavy atom. The number of para-hydroxylation sites is 1. The molecular weight excluding hydrogens is 308 g/mol. The molecule has 0 aliphatic heterocycles. The van der Waals surface area contributed by atoms with E-state index in [2.05, 4.69) is 24.4 Å². The molecule has 0 saturated heterocycles. The molecule has 0 amide bonds. The van der Waals surface area contributed by atoms with Gasteiger partial charge in [0.05, 0.1) is 0 Å². The van der Waals surface area contributed by atoms with Gasteiger partial charge in [0.2, 0.25) is 0 Å². The minimum absolute atomic E-state index is 0.204. The molecule has 0 bridgehead atoms. The van der Waals surface area contributed by atoms with Crippen molar-refractivity contribution in [3.05, 3.63) is 30.3 Å². The van der Waals surface area contributed by atoms with Crippen molar-refractivity contribution in [1.29, 1.82) is 0 Å². The van der Waals surface area contributed by atoms with Crippen LogP contribution in [0.1, 0.15) is 27.7 Å². The Morgan fingerprint density at radius 3 is 1.96 bits per heavy atom.